The van der Waals surface area contributed by atoms with Crippen molar-refractivity contribution in [3.63, 3.8) is 0 Å². The highest BCUT2D eigenvalue weighted by Gasteiger charge is 2.44. The Morgan fingerprint density at radius 3 is 2.39 bits per heavy atom. The zero-order chi connectivity index (χ0) is 33.8. The molecule has 252 valence electrons. The van der Waals surface area contributed by atoms with E-state index in [0.29, 0.717) is 69.2 Å². The van der Waals surface area contributed by atoms with Gasteiger partial charge in [0.25, 0.3) is 0 Å². The number of carbonyl (C=O) groups is 2. The molecule has 0 radical (unpaired) electrons. The highest BCUT2D eigenvalue weighted by molar-refractivity contribution is 6.00. The number of hydrogen-bond donors (Lipinski definition) is 3. The fourth-order valence-electron chi connectivity index (χ4n) is 6.99. The van der Waals surface area contributed by atoms with Crippen LogP contribution < -0.4 is 16.0 Å². The molecule has 4 heterocycles. The summed E-state index contributed by atoms with van der Waals surface area (Å²) in [5.74, 6) is 0.404. The third-order valence-corrected chi connectivity index (χ3v) is 9.76. The maximum Gasteiger partial charge on any atom is 0.236 e. The summed E-state index contributed by atoms with van der Waals surface area (Å²) in [5, 5.41) is 11.4. The number of benzene rings is 3. The minimum Gasteiger partial charge on any atom is -0.368 e. The SMILES string of the molecule is NCCCC1(C(=O)Nc2ccc3[nH]nc(-c4ccc(F)cc4)c3c2)CCN(CC(=O)N2CCN(c3ccc(-c4ncccn4)cc3)CC2)C1. The third-order valence-electron chi connectivity index (χ3n) is 9.76. The second-order valence-corrected chi connectivity index (χ2v) is 12.9. The van der Waals surface area contributed by atoms with E-state index in [1.165, 1.54) is 12.1 Å². The molecule has 11 nitrogen and oxygen atoms in total. The van der Waals surface area contributed by atoms with Gasteiger partial charge < -0.3 is 20.9 Å². The Kier molecular flexibility index (Phi) is 9.32. The number of fused-ring (bicyclic) bond motifs is 1. The number of aromatic amines is 1. The fraction of sp³-hybridized carbons (Fsp3) is 0.324. The van der Waals surface area contributed by atoms with Gasteiger partial charge in [-0.05, 0) is 105 Å². The van der Waals surface area contributed by atoms with Crippen LogP contribution in [0.4, 0.5) is 15.8 Å². The predicted molar refractivity (Wildman–Crippen MR) is 188 cm³/mol. The van der Waals surface area contributed by atoms with Crippen molar-refractivity contribution in [2.75, 3.05) is 62.6 Å². The van der Waals surface area contributed by atoms with Gasteiger partial charge in [-0.25, -0.2) is 14.4 Å². The lowest BCUT2D eigenvalue weighted by Gasteiger charge is -2.37. The van der Waals surface area contributed by atoms with E-state index in [1.807, 2.05) is 35.2 Å². The number of likely N-dealkylation sites (tertiary alicyclic amines) is 1. The number of nitrogens with zero attached hydrogens (tertiary/aromatic N) is 6. The van der Waals surface area contributed by atoms with Crippen LogP contribution >= 0.6 is 0 Å². The average Bonchev–Trinajstić information content (AvgIpc) is 3.76. The molecule has 0 saturated carbocycles. The molecule has 1 unspecified atom stereocenters. The predicted octanol–water partition coefficient (Wildman–Crippen LogP) is 4.54. The van der Waals surface area contributed by atoms with Gasteiger partial charge in [0.15, 0.2) is 5.82 Å². The number of aromatic nitrogens is 4. The smallest absolute Gasteiger partial charge is 0.236 e. The Morgan fingerprint density at radius 1 is 0.918 bits per heavy atom. The molecule has 2 aliphatic heterocycles. The molecule has 1 atom stereocenters. The Labute approximate surface area is 284 Å². The first-order chi connectivity index (χ1) is 23.9. The summed E-state index contributed by atoms with van der Waals surface area (Å²) < 4.78 is 13.5. The van der Waals surface area contributed by atoms with Gasteiger partial charge in [0.2, 0.25) is 11.8 Å². The summed E-state index contributed by atoms with van der Waals surface area (Å²) >= 11 is 0. The van der Waals surface area contributed by atoms with Crippen molar-refractivity contribution in [2.45, 2.75) is 19.3 Å². The molecule has 0 spiro atoms. The second-order valence-electron chi connectivity index (χ2n) is 12.9. The van der Waals surface area contributed by atoms with Crippen molar-refractivity contribution < 1.29 is 14.0 Å². The molecule has 2 aliphatic rings. The summed E-state index contributed by atoms with van der Waals surface area (Å²) in [7, 11) is 0. The molecule has 2 aromatic heterocycles. The van der Waals surface area contributed by atoms with Crippen LogP contribution in [-0.4, -0.2) is 94.1 Å². The van der Waals surface area contributed by atoms with Gasteiger partial charge in [-0.3, -0.25) is 19.6 Å². The third kappa shape index (κ3) is 7.01. The Bertz CT molecular complexity index is 1910. The zero-order valence-electron chi connectivity index (χ0n) is 27.3. The van der Waals surface area contributed by atoms with Crippen molar-refractivity contribution in [3.05, 3.63) is 91.0 Å². The monoisotopic (exact) mass is 661 g/mol. The molecule has 3 aromatic carbocycles. The Morgan fingerprint density at radius 2 is 1.65 bits per heavy atom. The quantitative estimate of drug-likeness (QED) is 0.199. The van der Waals surface area contributed by atoms with Crippen LogP contribution in [0, 0.1) is 11.2 Å². The molecular weight excluding hydrogens is 621 g/mol. The summed E-state index contributed by atoms with van der Waals surface area (Å²) in [6.07, 6.45) is 5.48. The van der Waals surface area contributed by atoms with Gasteiger partial charge in [-0.15, -0.1) is 0 Å². The van der Waals surface area contributed by atoms with Gasteiger partial charge in [-0.1, -0.05) is 0 Å². The molecule has 2 saturated heterocycles. The van der Waals surface area contributed by atoms with Gasteiger partial charge >= 0.3 is 0 Å². The number of amides is 2. The molecule has 2 amide bonds. The number of rotatable bonds is 10. The molecule has 0 bridgehead atoms. The molecule has 49 heavy (non-hydrogen) atoms. The van der Waals surface area contributed by atoms with Gasteiger partial charge in [-0.2, -0.15) is 5.10 Å². The number of carbonyl (C=O) groups excluding carboxylic acids is 2. The normalized spacial score (nSPS) is 18.2. The average molecular weight is 662 g/mol. The summed E-state index contributed by atoms with van der Waals surface area (Å²) in [6.45, 7) is 4.72. The van der Waals surface area contributed by atoms with E-state index in [9.17, 15) is 14.0 Å². The minimum absolute atomic E-state index is 0.0689. The number of halogens is 1. The fourth-order valence-corrected chi connectivity index (χ4v) is 6.99. The van der Waals surface area contributed by atoms with Crippen molar-refractivity contribution in [1.82, 2.24) is 30.0 Å². The first-order valence-electron chi connectivity index (χ1n) is 16.8. The van der Waals surface area contributed by atoms with Crippen LogP contribution in [-0.2, 0) is 9.59 Å². The van der Waals surface area contributed by atoms with Crippen LogP contribution in [0.5, 0.6) is 0 Å². The van der Waals surface area contributed by atoms with Gasteiger partial charge in [0, 0.05) is 73.0 Å². The Balaban J connectivity index is 0.963. The van der Waals surface area contributed by atoms with Crippen LogP contribution in [0.3, 0.4) is 0 Å². The van der Waals surface area contributed by atoms with Crippen molar-refractivity contribution in [3.8, 4) is 22.6 Å². The van der Waals surface area contributed by atoms with Crippen LogP contribution in [0.1, 0.15) is 19.3 Å². The van der Waals surface area contributed by atoms with Crippen LogP contribution in [0.15, 0.2) is 85.2 Å². The molecule has 0 aliphatic carbocycles. The van der Waals surface area contributed by atoms with E-state index in [2.05, 4.69) is 47.4 Å². The lowest BCUT2D eigenvalue weighted by Crippen LogP contribution is -2.51. The largest absolute Gasteiger partial charge is 0.368 e. The molecule has 4 N–H and O–H groups in total. The number of nitrogens with two attached hydrogens (primary N) is 1. The van der Waals surface area contributed by atoms with E-state index in [4.69, 9.17) is 5.73 Å². The van der Waals surface area contributed by atoms with Gasteiger partial charge in [0.1, 0.15) is 5.82 Å². The van der Waals surface area contributed by atoms with Gasteiger partial charge in [0.05, 0.1) is 23.2 Å². The molecule has 2 fully saturated rings. The molecule has 7 rings (SSSR count). The molecule has 5 aromatic rings. The van der Waals surface area contributed by atoms with E-state index in [-0.39, 0.29) is 24.2 Å². The lowest BCUT2D eigenvalue weighted by atomic mass is 9.81. The van der Waals surface area contributed by atoms with Crippen LogP contribution in [0.25, 0.3) is 33.5 Å². The van der Waals surface area contributed by atoms with Crippen molar-refractivity contribution in [1.29, 1.82) is 0 Å². The summed E-state index contributed by atoms with van der Waals surface area (Å²) in [5.41, 5.74) is 10.3. The summed E-state index contributed by atoms with van der Waals surface area (Å²) in [6, 6.07) is 21.8. The van der Waals surface area contributed by atoms with E-state index in [1.54, 1.807) is 30.6 Å². The first-order valence-corrected chi connectivity index (χ1v) is 16.8. The number of anilines is 2. The standard InChI is InChI=1S/C37H40FN9O2/c38-28-7-3-26(4-8-28)34-31-23-29(9-12-32(31)43-44-34)42-36(49)37(13-1-15-39)14-18-45(25-37)24-33(48)47-21-19-46(20-22-47)30-10-5-27(6-11-30)35-40-16-2-17-41-35/h2-12,16-17,23H,1,13-15,18-22,24-25,39H2,(H,42,49)(H,43,44). The molecule has 12 heteroatoms. The molecular formula is C37H40FN9O2. The minimum atomic E-state index is -0.652. The first kappa shape index (κ1) is 32.4. The Hall–Kier alpha value is -5.20. The van der Waals surface area contributed by atoms with Crippen molar-refractivity contribution in [2.24, 2.45) is 11.1 Å². The lowest BCUT2D eigenvalue weighted by molar-refractivity contribution is -0.133. The number of H-pyrrole nitrogens is 1. The number of piperazine rings is 1. The maximum absolute atomic E-state index is 14.0. The number of nitrogens with one attached hydrogen (secondary N) is 2. The second kappa shape index (κ2) is 14.1. The van der Waals surface area contributed by atoms with E-state index in [0.717, 1.165) is 40.8 Å². The number of hydrogen-bond acceptors (Lipinski definition) is 8. The summed E-state index contributed by atoms with van der Waals surface area (Å²) in [4.78, 5) is 42.4. The topological polar surface area (TPSA) is 136 Å². The van der Waals surface area contributed by atoms with Crippen LogP contribution in [0.2, 0.25) is 0 Å². The van der Waals surface area contributed by atoms with E-state index >= 15 is 0 Å². The highest BCUT2D eigenvalue weighted by Crippen LogP contribution is 2.37. The van der Waals surface area contributed by atoms with Crippen molar-refractivity contribution >= 4 is 34.1 Å². The zero-order valence-corrected chi connectivity index (χ0v) is 27.3. The maximum atomic E-state index is 14.0. The highest BCUT2D eigenvalue weighted by atomic mass is 19.1. The van der Waals surface area contributed by atoms with E-state index < -0.39 is 5.41 Å².